The van der Waals surface area contributed by atoms with E-state index in [4.69, 9.17) is 9.15 Å². The molecular weight excluding hydrogens is 226 g/mol. The van der Waals surface area contributed by atoms with Crippen LogP contribution in [0, 0.1) is 0 Å². The van der Waals surface area contributed by atoms with Gasteiger partial charge in [0.1, 0.15) is 11.5 Å². The minimum absolute atomic E-state index is 0.221. The van der Waals surface area contributed by atoms with Crippen LogP contribution in [0.3, 0.4) is 0 Å². The van der Waals surface area contributed by atoms with Crippen LogP contribution in [-0.2, 0) is 6.42 Å². The molecule has 0 saturated carbocycles. The van der Waals surface area contributed by atoms with Gasteiger partial charge < -0.3 is 14.5 Å². The summed E-state index contributed by atoms with van der Waals surface area (Å²) in [7, 11) is 1.68. The number of likely N-dealkylation sites (N-methyl/N-ethyl adjacent to an activating group) is 1. The lowest BCUT2D eigenvalue weighted by Crippen LogP contribution is -2.22. The Kier molecular flexibility index (Phi) is 4.42. The fourth-order valence-corrected chi connectivity index (χ4v) is 2.01. The molecule has 3 heteroatoms. The van der Waals surface area contributed by atoms with Crippen LogP contribution < -0.4 is 10.1 Å². The van der Waals surface area contributed by atoms with E-state index in [1.165, 1.54) is 5.56 Å². The molecule has 0 aliphatic rings. The number of rotatable bonds is 6. The summed E-state index contributed by atoms with van der Waals surface area (Å²) in [5, 5.41) is 3.44. The number of methoxy groups -OCH3 is 1. The molecule has 2 rings (SSSR count). The molecule has 0 radical (unpaired) electrons. The predicted octanol–water partition coefficient (Wildman–Crippen LogP) is 3.18. The van der Waals surface area contributed by atoms with E-state index in [-0.39, 0.29) is 6.04 Å². The molecule has 96 valence electrons. The van der Waals surface area contributed by atoms with Crippen LogP contribution in [0.4, 0.5) is 0 Å². The third-order valence-corrected chi connectivity index (χ3v) is 2.94. The van der Waals surface area contributed by atoms with Gasteiger partial charge in [0, 0.05) is 0 Å². The predicted molar refractivity (Wildman–Crippen MR) is 71.8 cm³/mol. The lowest BCUT2D eigenvalue weighted by Gasteiger charge is -2.15. The van der Waals surface area contributed by atoms with Gasteiger partial charge in [-0.2, -0.15) is 0 Å². The van der Waals surface area contributed by atoms with Crippen LogP contribution in [0.15, 0.2) is 47.1 Å². The van der Waals surface area contributed by atoms with Crippen molar-refractivity contribution < 1.29 is 9.15 Å². The molecule has 0 bridgehead atoms. The number of furan rings is 1. The molecule has 0 fully saturated rings. The standard InChI is InChI=1S/C15H19NO2/c1-3-16-14(15-5-4-10-18-15)11-12-6-8-13(17-2)9-7-12/h4-10,14,16H,3,11H2,1-2H3. The second kappa shape index (κ2) is 6.26. The molecule has 1 aromatic heterocycles. The molecule has 0 amide bonds. The van der Waals surface area contributed by atoms with E-state index < -0.39 is 0 Å². The van der Waals surface area contributed by atoms with Crippen molar-refractivity contribution in [2.24, 2.45) is 0 Å². The SMILES string of the molecule is CCNC(Cc1ccc(OC)cc1)c1ccco1. The smallest absolute Gasteiger partial charge is 0.121 e. The van der Waals surface area contributed by atoms with Gasteiger partial charge in [-0.15, -0.1) is 0 Å². The largest absolute Gasteiger partial charge is 0.497 e. The Morgan fingerprint density at radius 3 is 2.56 bits per heavy atom. The van der Waals surface area contributed by atoms with Crippen LogP contribution in [0.1, 0.15) is 24.3 Å². The second-order valence-electron chi connectivity index (χ2n) is 4.18. The van der Waals surface area contributed by atoms with E-state index in [1.54, 1.807) is 13.4 Å². The molecule has 3 nitrogen and oxygen atoms in total. The number of benzene rings is 1. The van der Waals surface area contributed by atoms with Crippen molar-refractivity contribution in [1.82, 2.24) is 5.32 Å². The minimum atomic E-state index is 0.221. The van der Waals surface area contributed by atoms with Gasteiger partial charge in [0.25, 0.3) is 0 Å². The average molecular weight is 245 g/mol. The van der Waals surface area contributed by atoms with Gasteiger partial charge in [-0.3, -0.25) is 0 Å². The van der Waals surface area contributed by atoms with Gasteiger partial charge in [0.15, 0.2) is 0 Å². The molecule has 1 unspecified atom stereocenters. The average Bonchev–Trinajstić information content (AvgIpc) is 2.93. The van der Waals surface area contributed by atoms with E-state index in [2.05, 4.69) is 24.4 Å². The molecule has 1 aromatic carbocycles. The van der Waals surface area contributed by atoms with Crippen molar-refractivity contribution in [3.05, 3.63) is 54.0 Å². The second-order valence-corrected chi connectivity index (χ2v) is 4.18. The first-order valence-electron chi connectivity index (χ1n) is 6.23. The highest BCUT2D eigenvalue weighted by Crippen LogP contribution is 2.20. The van der Waals surface area contributed by atoms with Gasteiger partial charge in [-0.1, -0.05) is 19.1 Å². The van der Waals surface area contributed by atoms with Crippen molar-refractivity contribution in [2.75, 3.05) is 13.7 Å². The van der Waals surface area contributed by atoms with Crippen molar-refractivity contribution >= 4 is 0 Å². The Labute approximate surface area is 108 Å². The normalized spacial score (nSPS) is 12.3. The molecule has 0 aliphatic heterocycles. The zero-order chi connectivity index (χ0) is 12.8. The summed E-state index contributed by atoms with van der Waals surface area (Å²) < 4.78 is 10.6. The molecule has 18 heavy (non-hydrogen) atoms. The number of ether oxygens (including phenoxy) is 1. The van der Waals surface area contributed by atoms with E-state index in [0.717, 1.165) is 24.5 Å². The van der Waals surface area contributed by atoms with E-state index >= 15 is 0 Å². The highest BCUT2D eigenvalue weighted by atomic mass is 16.5. The summed E-state index contributed by atoms with van der Waals surface area (Å²) in [5.74, 6) is 1.87. The van der Waals surface area contributed by atoms with Gasteiger partial charge in [-0.05, 0) is 42.8 Å². The summed E-state index contributed by atoms with van der Waals surface area (Å²) in [4.78, 5) is 0. The van der Waals surface area contributed by atoms with Gasteiger partial charge in [-0.25, -0.2) is 0 Å². The first-order valence-corrected chi connectivity index (χ1v) is 6.23. The molecule has 1 heterocycles. The number of hydrogen-bond acceptors (Lipinski definition) is 3. The Morgan fingerprint density at radius 1 is 1.22 bits per heavy atom. The molecule has 0 saturated heterocycles. The molecule has 0 aliphatic carbocycles. The van der Waals surface area contributed by atoms with Gasteiger partial charge >= 0.3 is 0 Å². The van der Waals surface area contributed by atoms with Crippen molar-refractivity contribution in [1.29, 1.82) is 0 Å². The maximum atomic E-state index is 5.48. The van der Waals surface area contributed by atoms with E-state index in [1.807, 2.05) is 24.3 Å². The third kappa shape index (κ3) is 3.14. The molecular formula is C15H19NO2. The first-order chi connectivity index (χ1) is 8.83. The van der Waals surface area contributed by atoms with Crippen LogP contribution in [0.2, 0.25) is 0 Å². The lowest BCUT2D eigenvalue weighted by atomic mass is 10.0. The van der Waals surface area contributed by atoms with Crippen molar-refractivity contribution in [2.45, 2.75) is 19.4 Å². The lowest BCUT2D eigenvalue weighted by molar-refractivity contribution is 0.411. The van der Waals surface area contributed by atoms with E-state index in [0.29, 0.717) is 0 Å². The minimum Gasteiger partial charge on any atom is -0.497 e. The summed E-state index contributed by atoms with van der Waals surface area (Å²) in [6.07, 6.45) is 2.62. The third-order valence-electron chi connectivity index (χ3n) is 2.94. The molecule has 2 aromatic rings. The summed E-state index contributed by atoms with van der Waals surface area (Å²) >= 11 is 0. The monoisotopic (exact) mass is 245 g/mol. The van der Waals surface area contributed by atoms with Gasteiger partial charge in [0.2, 0.25) is 0 Å². The topological polar surface area (TPSA) is 34.4 Å². The van der Waals surface area contributed by atoms with Gasteiger partial charge in [0.05, 0.1) is 19.4 Å². The van der Waals surface area contributed by atoms with Crippen molar-refractivity contribution in [3.63, 3.8) is 0 Å². The Balaban J connectivity index is 2.08. The summed E-state index contributed by atoms with van der Waals surface area (Å²) in [5.41, 5.74) is 1.26. The van der Waals surface area contributed by atoms with Crippen LogP contribution in [0.25, 0.3) is 0 Å². The van der Waals surface area contributed by atoms with E-state index in [9.17, 15) is 0 Å². The van der Waals surface area contributed by atoms with Crippen LogP contribution in [0.5, 0.6) is 5.75 Å². The fraction of sp³-hybridized carbons (Fsp3) is 0.333. The summed E-state index contributed by atoms with van der Waals surface area (Å²) in [6.45, 7) is 3.02. The van der Waals surface area contributed by atoms with Crippen LogP contribution in [-0.4, -0.2) is 13.7 Å². The zero-order valence-corrected chi connectivity index (χ0v) is 10.8. The van der Waals surface area contributed by atoms with Crippen LogP contribution >= 0.6 is 0 Å². The maximum Gasteiger partial charge on any atom is 0.121 e. The highest BCUT2D eigenvalue weighted by Gasteiger charge is 2.13. The number of nitrogens with one attached hydrogen (secondary N) is 1. The molecule has 0 spiro atoms. The van der Waals surface area contributed by atoms with Crippen molar-refractivity contribution in [3.8, 4) is 5.75 Å². The molecule has 1 atom stereocenters. The zero-order valence-electron chi connectivity index (χ0n) is 10.8. The Morgan fingerprint density at radius 2 is 2.00 bits per heavy atom. The highest BCUT2D eigenvalue weighted by molar-refractivity contribution is 5.28. The molecule has 1 N–H and O–H groups in total. The Hall–Kier alpha value is -1.74. The quantitative estimate of drug-likeness (QED) is 0.848. The first kappa shape index (κ1) is 12.7. The number of hydrogen-bond donors (Lipinski definition) is 1. The maximum absolute atomic E-state index is 5.48. The summed E-state index contributed by atoms with van der Waals surface area (Å²) in [6, 6.07) is 12.3. The fourth-order valence-electron chi connectivity index (χ4n) is 2.01. The Bertz CT molecular complexity index is 448.